The third kappa shape index (κ3) is 12.3. The van der Waals surface area contributed by atoms with E-state index in [2.05, 4.69) is 83.4 Å². The zero-order valence-corrected chi connectivity index (χ0v) is 33.4. The molecule has 9 nitrogen and oxygen atoms in total. The predicted molar refractivity (Wildman–Crippen MR) is 228 cm³/mol. The minimum atomic E-state index is -0.542. The maximum absolute atomic E-state index is 11.5. The zero-order valence-electron chi connectivity index (χ0n) is 33.4. The highest BCUT2D eigenvalue weighted by atomic mass is 16.6. The number of carbonyl (C=O) groups excluding carboxylic acids is 1. The van der Waals surface area contributed by atoms with Crippen LogP contribution in [0, 0.1) is 0 Å². The molecule has 1 saturated heterocycles. The molecule has 0 saturated carbocycles. The van der Waals surface area contributed by atoms with Crippen LogP contribution in [0.1, 0.15) is 45.0 Å². The summed E-state index contributed by atoms with van der Waals surface area (Å²) >= 11 is 0. The van der Waals surface area contributed by atoms with Gasteiger partial charge in [0.25, 0.3) is 0 Å². The van der Waals surface area contributed by atoms with E-state index in [0.717, 1.165) is 38.9 Å². The minimum Gasteiger partial charge on any atom is -0.473 e. The molecule has 1 heterocycles. The van der Waals surface area contributed by atoms with E-state index in [1.807, 2.05) is 97.1 Å². The van der Waals surface area contributed by atoms with Gasteiger partial charge in [-0.3, -0.25) is 0 Å². The first-order valence-electron chi connectivity index (χ1n) is 20.1. The lowest BCUT2D eigenvalue weighted by Crippen LogP contribution is -2.58. The van der Waals surface area contributed by atoms with Crippen molar-refractivity contribution in [2.75, 3.05) is 20.4 Å². The van der Waals surface area contributed by atoms with Crippen LogP contribution in [-0.4, -0.2) is 50.8 Å². The van der Waals surface area contributed by atoms with E-state index in [-0.39, 0.29) is 19.4 Å². The highest BCUT2D eigenvalue weighted by molar-refractivity contribution is 5.73. The average molecular weight is 793 g/mol. The summed E-state index contributed by atoms with van der Waals surface area (Å²) in [5.41, 5.74) is 7.43. The molecule has 7 rings (SSSR count). The number of hydrogen-bond acceptors (Lipinski definition) is 7. The molecular weight excluding hydrogens is 741 g/mol. The van der Waals surface area contributed by atoms with E-state index >= 15 is 0 Å². The van der Waals surface area contributed by atoms with Gasteiger partial charge in [-0.2, -0.15) is 0 Å². The van der Waals surface area contributed by atoms with Crippen molar-refractivity contribution in [3.8, 4) is 5.75 Å². The van der Waals surface area contributed by atoms with Crippen LogP contribution in [-0.2, 0) is 56.5 Å². The third-order valence-electron chi connectivity index (χ3n) is 10.2. The minimum absolute atomic E-state index is 0.0719. The van der Waals surface area contributed by atoms with Gasteiger partial charge in [0.2, 0.25) is 0 Å². The first-order chi connectivity index (χ1) is 29.1. The fourth-order valence-corrected chi connectivity index (χ4v) is 7.15. The summed E-state index contributed by atoms with van der Waals surface area (Å²) in [6.45, 7) is 1.90. The van der Waals surface area contributed by atoms with Gasteiger partial charge in [0.1, 0.15) is 36.3 Å². The number of rotatable bonds is 19. The summed E-state index contributed by atoms with van der Waals surface area (Å²) in [5, 5.41) is 5.15. The number of benzene rings is 6. The maximum Gasteiger partial charge on any atom is 0.317 e. The zero-order chi connectivity index (χ0) is 40.5. The van der Waals surface area contributed by atoms with Gasteiger partial charge >= 0.3 is 6.03 Å². The number of hydrogen-bond donors (Lipinski definition) is 2. The normalized spacial score (nSPS) is 18.8. The highest BCUT2D eigenvalue weighted by Gasteiger charge is 2.49. The Morgan fingerprint density at radius 2 is 1.05 bits per heavy atom. The number of urea groups is 1. The van der Waals surface area contributed by atoms with Gasteiger partial charge in [-0.1, -0.05) is 158 Å². The first-order valence-corrected chi connectivity index (χ1v) is 20.1. The van der Waals surface area contributed by atoms with Gasteiger partial charge in [0.15, 0.2) is 6.73 Å². The van der Waals surface area contributed by atoms with Crippen LogP contribution < -0.4 is 15.4 Å². The van der Waals surface area contributed by atoms with Crippen molar-refractivity contribution in [3.05, 3.63) is 209 Å². The second-order valence-corrected chi connectivity index (χ2v) is 14.5. The van der Waals surface area contributed by atoms with Gasteiger partial charge in [0, 0.05) is 7.05 Å². The summed E-state index contributed by atoms with van der Waals surface area (Å²) in [5.74, 6) is 0.666. The highest BCUT2D eigenvalue weighted by Crippen LogP contribution is 2.39. The van der Waals surface area contributed by atoms with Crippen LogP contribution in [0.25, 0.3) is 0 Å². The smallest absolute Gasteiger partial charge is 0.317 e. The summed E-state index contributed by atoms with van der Waals surface area (Å²) in [6.07, 6.45) is -1.90. The van der Waals surface area contributed by atoms with E-state index in [4.69, 9.17) is 28.4 Å². The molecule has 1 aliphatic rings. The van der Waals surface area contributed by atoms with Crippen LogP contribution in [0.15, 0.2) is 170 Å². The molecule has 2 amide bonds. The van der Waals surface area contributed by atoms with Crippen molar-refractivity contribution in [2.45, 2.75) is 63.4 Å². The molecule has 6 aromatic carbocycles. The largest absolute Gasteiger partial charge is 0.473 e. The van der Waals surface area contributed by atoms with Crippen molar-refractivity contribution in [1.82, 2.24) is 10.6 Å². The number of carbonyl (C=O) groups is 1. The number of ether oxygens (including phenoxy) is 6. The lowest BCUT2D eigenvalue weighted by atomic mass is 9.89. The number of nitrogens with one attached hydrogen (secondary N) is 2. The van der Waals surface area contributed by atoms with E-state index < -0.39 is 30.5 Å². The molecule has 59 heavy (non-hydrogen) atoms. The predicted octanol–water partition coefficient (Wildman–Crippen LogP) is 8.96. The Labute approximate surface area is 347 Å². The monoisotopic (exact) mass is 792 g/mol. The van der Waals surface area contributed by atoms with Gasteiger partial charge in [-0.15, -0.1) is 0 Å². The van der Waals surface area contributed by atoms with Crippen LogP contribution in [0.2, 0.25) is 0 Å². The van der Waals surface area contributed by atoms with E-state index in [9.17, 15) is 4.79 Å². The summed E-state index contributed by atoms with van der Waals surface area (Å²) in [7, 11) is 1.56. The second kappa shape index (κ2) is 21.8. The SMILES string of the molecule is CNC(=O)NCOc1ccc(Cc2cccc([C@@H]3O[C@H](COCc4ccccc4)C(OCc4ccccc4)[C@H](OCc4ccccc4)[C@H]3OCc3ccccc3)c2)cc1. The maximum atomic E-state index is 11.5. The Kier molecular flexibility index (Phi) is 15.3. The molecule has 0 bridgehead atoms. The van der Waals surface area contributed by atoms with Crippen molar-refractivity contribution in [1.29, 1.82) is 0 Å². The Bertz CT molecular complexity index is 2120. The number of amides is 2. The topological polar surface area (TPSA) is 96.5 Å². The third-order valence-corrected chi connectivity index (χ3v) is 10.2. The lowest BCUT2D eigenvalue weighted by molar-refractivity contribution is -0.275. The fraction of sp³-hybridized carbons (Fsp3) is 0.260. The van der Waals surface area contributed by atoms with E-state index in [1.165, 1.54) is 0 Å². The molecule has 0 aromatic heterocycles. The van der Waals surface area contributed by atoms with Crippen LogP contribution in [0.3, 0.4) is 0 Å². The molecule has 0 aliphatic carbocycles. The quantitative estimate of drug-likeness (QED) is 0.0791. The Hall–Kier alpha value is -5.81. The summed E-state index contributed by atoms with van der Waals surface area (Å²) in [4.78, 5) is 11.5. The molecule has 0 spiro atoms. The Balaban J connectivity index is 1.19. The fourth-order valence-electron chi connectivity index (χ4n) is 7.15. The Morgan fingerprint density at radius 3 is 1.61 bits per heavy atom. The van der Waals surface area contributed by atoms with Crippen molar-refractivity contribution in [3.63, 3.8) is 0 Å². The lowest BCUT2D eigenvalue weighted by Gasteiger charge is -2.46. The standard InChI is InChI=1S/C50H52N2O7/c1-51-50(53)52-36-58-44-27-25-37(26-28-44)29-42-23-14-24-43(30-42)46-48(56-33-40-19-10-4-11-20-40)49(57-34-41-21-12-5-13-22-41)47(55-32-39-17-8-3-9-18-39)45(59-46)35-54-31-38-15-6-2-7-16-38/h2-28,30,45-49H,29,31-36H2,1H3,(H2,51,52,53)/t45-,46+,47?,48+,49+/m1/s1. The van der Waals surface area contributed by atoms with Gasteiger partial charge in [0.05, 0.1) is 33.0 Å². The molecule has 304 valence electrons. The average Bonchev–Trinajstić information content (AvgIpc) is 3.29. The molecule has 0 radical (unpaired) electrons. The van der Waals surface area contributed by atoms with Gasteiger partial charge in [-0.05, 0) is 57.5 Å². The van der Waals surface area contributed by atoms with Crippen LogP contribution in [0.5, 0.6) is 5.75 Å². The molecular formula is C50H52N2O7. The molecule has 6 aromatic rings. The second-order valence-electron chi connectivity index (χ2n) is 14.5. The molecule has 2 N–H and O–H groups in total. The van der Waals surface area contributed by atoms with Crippen LogP contribution >= 0.6 is 0 Å². The van der Waals surface area contributed by atoms with Gasteiger partial charge in [-0.25, -0.2) is 4.79 Å². The molecule has 1 aliphatic heterocycles. The summed E-state index contributed by atoms with van der Waals surface area (Å²) in [6, 6.07) is 56.8. The van der Waals surface area contributed by atoms with Crippen molar-refractivity contribution in [2.24, 2.45) is 0 Å². The Morgan fingerprint density at radius 1 is 0.542 bits per heavy atom. The molecule has 1 fully saturated rings. The van der Waals surface area contributed by atoms with E-state index in [0.29, 0.717) is 38.6 Å². The summed E-state index contributed by atoms with van der Waals surface area (Å²) < 4.78 is 40.1. The van der Waals surface area contributed by atoms with Crippen molar-refractivity contribution < 1.29 is 33.2 Å². The van der Waals surface area contributed by atoms with Gasteiger partial charge < -0.3 is 39.1 Å². The first kappa shape index (κ1) is 41.4. The molecule has 9 heteroatoms. The molecule has 5 atom stereocenters. The van der Waals surface area contributed by atoms with E-state index in [1.54, 1.807) is 7.05 Å². The molecule has 1 unspecified atom stereocenters. The van der Waals surface area contributed by atoms with Crippen LogP contribution in [0.4, 0.5) is 4.79 Å². The van der Waals surface area contributed by atoms with Crippen molar-refractivity contribution >= 4 is 6.03 Å².